The summed E-state index contributed by atoms with van der Waals surface area (Å²) in [5.74, 6) is 1.05. The Morgan fingerprint density at radius 2 is 1.88 bits per heavy atom. The number of hydrogen-bond acceptors (Lipinski definition) is 6. The van der Waals surface area contributed by atoms with Crippen LogP contribution >= 0.6 is 22.6 Å². The van der Waals surface area contributed by atoms with Crippen LogP contribution in [-0.2, 0) is 0 Å². The van der Waals surface area contributed by atoms with E-state index in [1.807, 2.05) is 4.98 Å². The minimum absolute atomic E-state index is 0.196. The SMILES string of the molecule is COc1cc(/C=C\c2[nH]c(=O)[nH]c(=O)c2[N+](=O)[O-])cc(I)c1OC. The molecule has 0 aliphatic rings. The summed E-state index contributed by atoms with van der Waals surface area (Å²) in [6, 6.07) is 3.42. The average molecular weight is 445 g/mol. The van der Waals surface area contributed by atoms with Crippen LogP contribution < -0.4 is 20.7 Å². The predicted molar refractivity (Wildman–Crippen MR) is 95.5 cm³/mol. The molecule has 0 saturated carbocycles. The van der Waals surface area contributed by atoms with Crippen LogP contribution in [0.5, 0.6) is 11.5 Å². The van der Waals surface area contributed by atoms with Crippen LogP contribution in [0.3, 0.4) is 0 Å². The highest BCUT2D eigenvalue weighted by Gasteiger charge is 2.19. The van der Waals surface area contributed by atoms with Crippen molar-refractivity contribution in [3.05, 3.63) is 57.9 Å². The Morgan fingerprint density at radius 1 is 1.17 bits per heavy atom. The second kappa shape index (κ2) is 7.29. The minimum Gasteiger partial charge on any atom is -0.493 e. The molecule has 126 valence electrons. The number of halogens is 1. The van der Waals surface area contributed by atoms with Crippen molar-refractivity contribution < 1.29 is 14.4 Å². The van der Waals surface area contributed by atoms with Gasteiger partial charge in [-0.1, -0.05) is 6.08 Å². The van der Waals surface area contributed by atoms with Gasteiger partial charge in [0, 0.05) is 0 Å². The maximum Gasteiger partial charge on any atom is 0.357 e. The third-order valence-electron chi connectivity index (χ3n) is 3.03. The molecule has 0 aliphatic carbocycles. The first-order valence-corrected chi connectivity index (χ1v) is 7.55. The molecular weight excluding hydrogens is 433 g/mol. The van der Waals surface area contributed by atoms with Crippen molar-refractivity contribution in [1.82, 2.24) is 9.97 Å². The number of nitro groups is 1. The number of benzene rings is 1. The van der Waals surface area contributed by atoms with E-state index in [9.17, 15) is 19.7 Å². The number of aromatic nitrogens is 2. The fourth-order valence-corrected chi connectivity index (χ4v) is 2.86. The van der Waals surface area contributed by atoms with Crippen LogP contribution in [0.25, 0.3) is 12.2 Å². The van der Waals surface area contributed by atoms with Gasteiger partial charge in [-0.2, -0.15) is 0 Å². The molecule has 0 saturated heterocycles. The molecule has 0 unspecified atom stereocenters. The average Bonchev–Trinajstić information content (AvgIpc) is 2.51. The van der Waals surface area contributed by atoms with Gasteiger partial charge in [-0.3, -0.25) is 19.9 Å². The zero-order valence-electron chi connectivity index (χ0n) is 12.6. The summed E-state index contributed by atoms with van der Waals surface area (Å²) in [5, 5.41) is 11.0. The lowest BCUT2D eigenvalue weighted by Gasteiger charge is -2.10. The summed E-state index contributed by atoms with van der Waals surface area (Å²) in [6.07, 6.45) is 2.80. The topological polar surface area (TPSA) is 127 Å². The van der Waals surface area contributed by atoms with Crippen molar-refractivity contribution in [2.75, 3.05) is 14.2 Å². The van der Waals surface area contributed by atoms with Gasteiger partial charge in [0.1, 0.15) is 5.69 Å². The van der Waals surface area contributed by atoms with Gasteiger partial charge in [0.05, 0.1) is 22.7 Å². The number of aromatic amines is 2. The monoisotopic (exact) mass is 445 g/mol. The summed E-state index contributed by atoms with van der Waals surface area (Å²) < 4.78 is 11.2. The number of methoxy groups -OCH3 is 2. The zero-order chi connectivity index (χ0) is 17.9. The lowest BCUT2D eigenvalue weighted by atomic mass is 10.1. The normalized spacial score (nSPS) is 10.8. The van der Waals surface area contributed by atoms with Gasteiger partial charge in [-0.25, -0.2) is 4.79 Å². The number of ether oxygens (including phenoxy) is 2. The van der Waals surface area contributed by atoms with Gasteiger partial charge in [-0.15, -0.1) is 0 Å². The van der Waals surface area contributed by atoms with E-state index in [0.29, 0.717) is 17.1 Å². The van der Waals surface area contributed by atoms with Crippen LogP contribution in [0.1, 0.15) is 11.3 Å². The van der Waals surface area contributed by atoms with Crippen LogP contribution in [0.2, 0.25) is 0 Å². The van der Waals surface area contributed by atoms with Crippen molar-refractivity contribution in [3.63, 3.8) is 0 Å². The summed E-state index contributed by atoms with van der Waals surface area (Å²) in [7, 11) is 3.00. The van der Waals surface area contributed by atoms with E-state index in [2.05, 4.69) is 27.6 Å². The molecule has 9 nitrogen and oxygen atoms in total. The van der Waals surface area contributed by atoms with Crippen LogP contribution in [-0.4, -0.2) is 29.1 Å². The van der Waals surface area contributed by atoms with Gasteiger partial charge < -0.3 is 14.5 Å². The second-order valence-electron chi connectivity index (χ2n) is 4.50. The molecule has 0 spiro atoms. The number of hydrogen-bond donors (Lipinski definition) is 2. The van der Waals surface area contributed by atoms with Crippen molar-refractivity contribution in [3.8, 4) is 11.5 Å². The lowest BCUT2D eigenvalue weighted by Crippen LogP contribution is -2.25. The third-order valence-corrected chi connectivity index (χ3v) is 3.83. The fourth-order valence-electron chi connectivity index (χ4n) is 2.01. The first-order chi connectivity index (χ1) is 11.4. The quantitative estimate of drug-likeness (QED) is 0.410. The number of H-pyrrole nitrogens is 2. The van der Waals surface area contributed by atoms with E-state index in [0.717, 1.165) is 3.57 Å². The molecule has 0 bridgehead atoms. The van der Waals surface area contributed by atoms with E-state index >= 15 is 0 Å². The van der Waals surface area contributed by atoms with E-state index in [1.54, 1.807) is 12.1 Å². The molecule has 0 amide bonds. The van der Waals surface area contributed by atoms with Gasteiger partial charge in [0.15, 0.2) is 11.5 Å². The maximum atomic E-state index is 11.6. The highest BCUT2D eigenvalue weighted by Crippen LogP contribution is 2.34. The Morgan fingerprint density at radius 3 is 2.46 bits per heavy atom. The van der Waals surface area contributed by atoms with E-state index in [1.165, 1.54) is 26.4 Å². The second-order valence-corrected chi connectivity index (χ2v) is 5.66. The van der Waals surface area contributed by atoms with Gasteiger partial charge >= 0.3 is 16.9 Å². The third kappa shape index (κ3) is 3.64. The molecule has 10 heteroatoms. The molecule has 2 rings (SSSR count). The van der Waals surface area contributed by atoms with Crippen molar-refractivity contribution in [1.29, 1.82) is 0 Å². The lowest BCUT2D eigenvalue weighted by molar-refractivity contribution is -0.386. The van der Waals surface area contributed by atoms with E-state index < -0.39 is 21.9 Å². The Bertz CT molecular complexity index is 931. The van der Waals surface area contributed by atoms with Crippen LogP contribution in [0.4, 0.5) is 5.69 Å². The Kier molecular flexibility index (Phi) is 5.39. The molecule has 0 fully saturated rings. The highest BCUT2D eigenvalue weighted by molar-refractivity contribution is 14.1. The molecule has 2 N–H and O–H groups in total. The summed E-state index contributed by atoms with van der Waals surface area (Å²) >= 11 is 2.06. The molecular formula is C14H12IN3O6. The van der Waals surface area contributed by atoms with Crippen molar-refractivity contribution in [2.24, 2.45) is 0 Å². The molecule has 0 radical (unpaired) electrons. The van der Waals surface area contributed by atoms with Gasteiger partial charge in [0.2, 0.25) is 0 Å². The van der Waals surface area contributed by atoms with E-state index in [-0.39, 0.29) is 5.69 Å². The van der Waals surface area contributed by atoms with Gasteiger partial charge in [-0.05, 0) is 46.4 Å². The summed E-state index contributed by atoms with van der Waals surface area (Å²) in [4.78, 5) is 37.1. The number of nitrogens with one attached hydrogen (secondary N) is 2. The van der Waals surface area contributed by atoms with E-state index in [4.69, 9.17) is 9.47 Å². The Labute approximate surface area is 148 Å². The van der Waals surface area contributed by atoms with Crippen molar-refractivity contribution >= 4 is 40.4 Å². The van der Waals surface area contributed by atoms with Crippen LogP contribution in [0, 0.1) is 13.7 Å². The Balaban J connectivity index is 2.53. The maximum absolute atomic E-state index is 11.6. The molecule has 1 heterocycles. The fraction of sp³-hybridized carbons (Fsp3) is 0.143. The zero-order valence-corrected chi connectivity index (χ0v) is 14.7. The number of nitrogens with zero attached hydrogens (tertiary/aromatic N) is 1. The highest BCUT2D eigenvalue weighted by atomic mass is 127. The molecule has 2 aromatic rings. The largest absolute Gasteiger partial charge is 0.493 e. The minimum atomic E-state index is -1.06. The molecule has 24 heavy (non-hydrogen) atoms. The molecule has 1 aromatic heterocycles. The summed E-state index contributed by atoms with van der Waals surface area (Å²) in [5.41, 5.74) is -2.18. The van der Waals surface area contributed by atoms with Gasteiger partial charge in [0.25, 0.3) is 0 Å². The standard InChI is InChI=1S/C14H12IN3O6/c1-23-10-6-7(5-8(15)12(10)24-2)3-4-9-11(18(21)22)13(19)17-14(20)16-9/h3-6H,1-2H3,(H2,16,17,19,20)/b4-3-. The molecule has 1 aromatic carbocycles. The van der Waals surface area contributed by atoms with Crippen molar-refractivity contribution in [2.45, 2.75) is 0 Å². The molecule has 0 aliphatic heterocycles. The Hall–Kier alpha value is -2.63. The first kappa shape index (κ1) is 17.7. The smallest absolute Gasteiger partial charge is 0.357 e. The molecule has 0 atom stereocenters. The predicted octanol–water partition coefficient (Wildman–Crippen LogP) is 1.76. The first-order valence-electron chi connectivity index (χ1n) is 6.48. The summed E-state index contributed by atoms with van der Waals surface area (Å²) in [6.45, 7) is 0. The van der Waals surface area contributed by atoms with Crippen LogP contribution in [0.15, 0.2) is 21.7 Å². The number of rotatable bonds is 5.